The highest BCUT2D eigenvalue weighted by Crippen LogP contribution is 2.40. The van der Waals surface area contributed by atoms with Crippen molar-refractivity contribution in [3.63, 3.8) is 0 Å². The second kappa shape index (κ2) is 8.13. The number of fused-ring (bicyclic) bond motifs is 1. The molecule has 2 aromatic rings. The quantitative estimate of drug-likeness (QED) is 0.784. The maximum atomic E-state index is 11.4. The highest BCUT2D eigenvalue weighted by Gasteiger charge is 2.35. The van der Waals surface area contributed by atoms with Gasteiger partial charge in [0.05, 0.1) is 6.26 Å². The number of rotatable bonds is 6. The van der Waals surface area contributed by atoms with E-state index in [4.69, 9.17) is 4.74 Å². The van der Waals surface area contributed by atoms with Crippen LogP contribution in [0.5, 0.6) is 5.75 Å². The fourth-order valence-corrected chi connectivity index (χ4v) is 5.06. The summed E-state index contributed by atoms with van der Waals surface area (Å²) in [5, 5.41) is 0. The minimum Gasteiger partial charge on any atom is -0.489 e. The van der Waals surface area contributed by atoms with E-state index >= 15 is 0 Å². The monoisotopic (exact) mass is 400 g/mol. The van der Waals surface area contributed by atoms with Crippen LogP contribution in [0, 0.1) is 0 Å². The predicted octanol–water partition coefficient (Wildman–Crippen LogP) is 4.33. The molecule has 2 heterocycles. The van der Waals surface area contributed by atoms with E-state index in [1.807, 2.05) is 24.3 Å². The number of anilines is 1. The molecule has 0 bridgehead atoms. The summed E-state index contributed by atoms with van der Waals surface area (Å²) in [6, 6.07) is 17.1. The van der Waals surface area contributed by atoms with Crippen LogP contribution < -0.4 is 9.46 Å². The van der Waals surface area contributed by atoms with Crippen LogP contribution in [0.15, 0.2) is 48.5 Å². The summed E-state index contributed by atoms with van der Waals surface area (Å²) in [6.07, 6.45) is 7.77. The summed E-state index contributed by atoms with van der Waals surface area (Å²) in [4.78, 5) is 2.69. The van der Waals surface area contributed by atoms with E-state index in [0.29, 0.717) is 18.3 Å². The van der Waals surface area contributed by atoms with Crippen LogP contribution in [0.4, 0.5) is 5.69 Å². The summed E-state index contributed by atoms with van der Waals surface area (Å²) in [7, 11) is -3.28. The molecule has 5 nitrogen and oxygen atoms in total. The fraction of sp³-hybridized carbons (Fsp3) is 0.455. The molecule has 2 aliphatic rings. The first kappa shape index (κ1) is 19.3. The van der Waals surface area contributed by atoms with E-state index in [1.54, 1.807) is 12.1 Å². The number of nitrogens with zero attached hydrogens (tertiary/aromatic N) is 1. The maximum absolute atomic E-state index is 11.4. The molecule has 4 rings (SSSR count). The van der Waals surface area contributed by atoms with Gasteiger partial charge in [-0.05, 0) is 67.6 Å². The third-order valence-corrected chi connectivity index (χ3v) is 6.35. The van der Waals surface area contributed by atoms with Crippen LogP contribution in [-0.2, 0) is 16.6 Å². The second-order valence-electron chi connectivity index (χ2n) is 7.91. The number of benzene rings is 2. The van der Waals surface area contributed by atoms with Crippen molar-refractivity contribution in [1.82, 2.24) is 4.90 Å². The Kier molecular flexibility index (Phi) is 5.60. The molecule has 2 aromatic carbocycles. The van der Waals surface area contributed by atoms with E-state index in [0.717, 1.165) is 23.6 Å². The number of hydrogen-bond donors (Lipinski definition) is 1. The number of nitrogens with one attached hydrogen (secondary N) is 1. The SMILES string of the molecule is CS(=O)(=O)Nc1cccc(COc2ccc([C@@H]3CCC4CCCCN43)cc2)c1. The van der Waals surface area contributed by atoms with Gasteiger partial charge in [-0.25, -0.2) is 8.42 Å². The second-order valence-corrected chi connectivity index (χ2v) is 9.66. The highest BCUT2D eigenvalue weighted by molar-refractivity contribution is 7.92. The van der Waals surface area contributed by atoms with Crippen LogP contribution in [0.25, 0.3) is 0 Å². The van der Waals surface area contributed by atoms with Gasteiger partial charge in [-0.3, -0.25) is 9.62 Å². The Morgan fingerprint density at radius 2 is 1.89 bits per heavy atom. The molecule has 0 saturated carbocycles. The molecule has 0 spiro atoms. The van der Waals surface area contributed by atoms with Gasteiger partial charge in [-0.15, -0.1) is 0 Å². The molecule has 2 atom stereocenters. The molecule has 2 fully saturated rings. The molecule has 0 aromatic heterocycles. The van der Waals surface area contributed by atoms with Crippen molar-refractivity contribution in [3.8, 4) is 5.75 Å². The average Bonchev–Trinajstić information content (AvgIpc) is 3.10. The zero-order chi connectivity index (χ0) is 19.6. The van der Waals surface area contributed by atoms with E-state index in [2.05, 4.69) is 21.8 Å². The Balaban J connectivity index is 1.37. The van der Waals surface area contributed by atoms with Crippen LogP contribution in [-0.4, -0.2) is 32.2 Å². The lowest BCUT2D eigenvalue weighted by atomic mass is 10.0. The Bertz CT molecular complexity index is 912. The van der Waals surface area contributed by atoms with Crippen molar-refractivity contribution < 1.29 is 13.2 Å². The van der Waals surface area contributed by atoms with Gasteiger partial charge >= 0.3 is 0 Å². The summed E-state index contributed by atoms with van der Waals surface area (Å²) < 4.78 is 31.2. The average molecular weight is 401 g/mol. The molecule has 1 unspecified atom stereocenters. The van der Waals surface area contributed by atoms with Gasteiger partial charge < -0.3 is 4.74 Å². The molecule has 2 saturated heterocycles. The first-order valence-electron chi connectivity index (χ1n) is 10.0. The molecule has 2 aliphatic heterocycles. The number of ether oxygens (including phenoxy) is 1. The topological polar surface area (TPSA) is 58.6 Å². The van der Waals surface area contributed by atoms with Gasteiger partial charge in [0.25, 0.3) is 0 Å². The third-order valence-electron chi connectivity index (χ3n) is 5.75. The number of piperidine rings is 1. The van der Waals surface area contributed by atoms with Crippen molar-refractivity contribution in [2.75, 3.05) is 17.5 Å². The molecule has 28 heavy (non-hydrogen) atoms. The van der Waals surface area contributed by atoms with Crippen molar-refractivity contribution in [1.29, 1.82) is 0 Å². The smallest absolute Gasteiger partial charge is 0.229 e. The van der Waals surface area contributed by atoms with Gasteiger partial charge in [0.2, 0.25) is 10.0 Å². The van der Waals surface area contributed by atoms with Crippen molar-refractivity contribution in [3.05, 3.63) is 59.7 Å². The fourth-order valence-electron chi connectivity index (χ4n) is 4.51. The van der Waals surface area contributed by atoms with Crippen LogP contribution in [0.1, 0.15) is 49.3 Å². The normalized spacial score (nSPS) is 22.6. The summed E-state index contributed by atoms with van der Waals surface area (Å²) >= 11 is 0. The molecule has 0 radical (unpaired) electrons. The summed E-state index contributed by atoms with van der Waals surface area (Å²) in [5.74, 6) is 0.832. The van der Waals surface area contributed by atoms with E-state index in [9.17, 15) is 8.42 Å². The van der Waals surface area contributed by atoms with Crippen LogP contribution >= 0.6 is 0 Å². The minimum absolute atomic E-state index is 0.399. The third kappa shape index (κ3) is 4.67. The van der Waals surface area contributed by atoms with Gasteiger partial charge in [0.15, 0.2) is 0 Å². The number of sulfonamides is 1. The van der Waals surface area contributed by atoms with E-state index < -0.39 is 10.0 Å². The van der Waals surface area contributed by atoms with E-state index in [-0.39, 0.29) is 0 Å². The lowest BCUT2D eigenvalue weighted by Gasteiger charge is -2.34. The first-order chi connectivity index (χ1) is 13.5. The van der Waals surface area contributed by atoms with Crippen molar-refractivity contribution in [2.45, 2.75) is 50.8 Å². The number of hydrogen-bond acceptors (Lipinski definition) is 4. The lowest BCUT2D eigenvalue weighted by molar-refractivity contribution is 0.150. The van der Waals surface area contributed by atoms with Crippen LogP contribution in [0.3, 0.4) is 0 Å². The highest BCUT2D eigenvalue weighted by atomic mass is 32.2. The Hall–Kier alpha value is -2.05. The Morgan fingerprint density at radius 1 is 1.07 bits per heavy atom. The van der Waals surface area contributed by atoms with Gasteiger partial charge in [-0.1, -0.05) is 30.7 Å². The summed E-state index contributed by atoms with van der Waals surface area (Å²) in [6.45, 7) is 1.63. The first-order valence-corrected chi connectivity index (χ1v) is 11.9. The molecular formula is C22H28N2O3S. The predicted molar refractivity (Wildman–Crippen MR) is 112 cm³/mol. The zero-order valence-electron chi connectivity index (χ0n) is 16.3. The Morgan fingerprint density at radius 3 is 2.68 bits per heavy atom. The molecule has 150 valence electrons. The molecule has 1 N–H and O–H groups in total. The van der Waals surface area contributed by atoms with Crippen LogP contribution in [0.2, 0.25) is 0 Å². The molecule has 6 heteroatoms. The van der Waals surface area contributed by atoms with E-state index in [1.165, 1.54) is 44.2 Å². The zero-order valence-corrected chi connectivity index (χ0v) is 17.1. The molecule has 0 aliphatic carbocycles. The summed E-state index contributed by atoms with van der Waals surface area (Å²) in [5.41, 5.74) is 2.86. The van der Waals surface area contributed by atoms with Gasteiger partial charge in [0, 0.05) is 17.8 Å². The van der Waals surface area contributed by atoms with Gasteiger partial charge in [-0.2, -0.15) is 0 Å². The molecular weight excluding hydrogens is 372 g/mol. The largest absolute Gasteiger partial charge is 0.489 e. The van der Waals surface area contributed by atoms with Crippen molar-refractivity contribution in [2.24, 2.45) is 0 Å². The Labute approximate surface area is 167 Å². The minimum atomic E-state index is -3.28. The van der Waals surface area contributed by atoms with Gasteiger partial charge in [0.1, 0.15) is 12.4 Å². The maximum Gasteiger partial charge on any atom is 0.229 e. The molecule has 0 amide bonds. The lowest BCUT2D eigenvalue weighted by Crippen LogP contribution is -2.35. The van der Waals surface area contributed by atoms with Crippen molar-refractivity contribution >= 4 is 15.7 Å². The standard InChI is InChI=1S/C22H28N2O3S/c1-28(25,26)23-19-6-4-5-17(15-19)16-27-21-11-8-18(9-12-21)22-13-10-20-7-2-3-14-24(20)22/h4-6,8-9,11-12,15,20,22-23H,2-3,7,10,13-14,16H2,1H3/t20?,22-/m0/s1.